The summed E-state index contributed by atoms with van der Waals surface area (Å²) < 4.78 is 29.0. The van der Waals surface area contributed by atoms with Crippen LogP contribution in [0, 0.1) is 10.1 Å². The Balaban J connectivity index is 0.000000285. The predicted octanol–water partition coefficient (Wildman–Crippen LogP) is 5.29. The van der Waals surface area contributed by atoms with Gasteiger partial charge < -0.3 is 56.3 Å². The van der Waals surface area contributed by atoms with Crippen LogP contribution in [0.15, 0.2) is 36.7 Å². The number of morpholine rings is 1. The SMILES string of the molecule is C.CCCCNc1nc(N)c([N+](=O)[O-])c(N(CC(=O)OCC)Cc2ccnc(C3CCOCC3)c2)n1.CCCCNc1nc(N)c2c(n1)N(Cc1ccnc(N3CCOCC3)c1)CC(=O)N2.[2H]F. The van der Waals surface area contributed by atoms with Crippen molar-refractivity contribution < 1.29 is 33.4 Å². The molecule has 0 saturated carbocycles. The number of nitrogens with one attached hydrogen (secondary N) is 3. The Bertz CT molecular complexity index is 2240. The average molecular weight is 937 g/mol. The van der Waals surface area contributed by atoms with E-state index in [0.717, 1.165) is 80.8 Å². The molecule has 0 aliphatic carbocycles. The molecule has 0 aromatic carbocycles. The van der Waals surface area contributed by atoms with Crippen LogP contribution in [-0.2, 0) is 36.9 Å². The number of pyridine rings is 2. The number of aromatic nitrogens is 6. The van der Waals surface area contributed by atoms with Crippen molar-refractivity contribution in [2.75, 3.05) is 114 Å². The smallest absolute Gasteiger partial charge is 0.353 e. The first-order valence-corrected chi connectivity index (χ1v) is 22.3. The van der Waals surface area contributed by atoms with Gasteiger partial charge in [0, 0.05) is 76.5 Å². The van der Waals surface area contributed by atoms with Crippen molar-refractivity contribution in [3.63, 3.8) is 0 Å². The van der Waals surface area contributed by atoms with Gasteiger partial charge in [0.2, 0.25) is 29.4 Å². The highest BCUT2D eigenvalue weighted by Gasteiger charge is 2.30. The Labute approximate surface area is 392 Å². The topological polar surface area (TPSA) is 280 Å². The highest BCUT2D eigenvalue weighted by Crippen LogP contribution is 2.35. The van der Waals surface area contributed by atoms with Crippen molar-refractivity contribution >= 4 is 64.2 Å². The first-order chi connectivity index (χ1) is 32.6. The van der Waals surface area contributed by atoms with Crippen LogP contribution in [0.4, 0.5) is 57.1 Å². The third kappa shape index (κ3) is 14.9. The van der Waals surface area contributed by atoms with Crippen molar-refractivity contribution in [2.24, 2.45) is 0 Å². The zero-order valence-corrected chi connectivity index (χ0v) is 37.8. The predicted molar refractivity (Wildman–Crippen MR) is 257 cm³/mol. The van der Waals surface area contributed by atoms with Crippen LogP contribution in [-0.4, -0.2) is 120 Å². The number of halogens is 1. The average Bonchev–Trinajstić information content (AvgIpc) is 3.33. The van der Waals surface area contributed by atoms with Crippen LogP contribution < -0.4 is 42.1 Å². The lowest BCUT2D eigenvalue weighted by molar-refractivity contribution is -0.383. The van der Waals surface area contributed by atoms with E-state index in [-0.39, 0.29) is 68.9 Å². The van der Waals surface area contributed by atoms with Gasteiger partial charge in [-0.3, -0.25) is 29.4 Å². The second-order valence-corrected chi connectivity index (χ2v) is 15.7. The number of nitrogens with two attached hydrogens (primary N) is 2. The van der Waals surface area contributed by atoms with Crippen LogP contribution >= 0.6 is 0 Å². The van der Waals surface area contributed by atoms with E-state index >= 15 is 0 Å². The van der Waals surface area contributed by atoms with Crippen molar-refractivity contribution in [2.45, 2.75) is 85.7 Å². The summed E-state index contributed by atoms with van der Waals surface area (Å²) in [4.78, 5) is 68.0. The van der Waals surface area contributed by atoms with E-state index in [4.69, 9.17) is 30.4 Å². The summed E-state index contributed by atoms with van der Waals surface area (Å²) in [6, 6.07) is 7.80. The minimum absolute atomic E-state index is 0. The van der Waals surface area contributed by atoms with Crippen molar-refractivity contribution in [3.05, 3.63) is 63.6 Å². The lowest BCUT2D eigenvalue weighted by Crippen LogP contribution is -2.39. The summed E-state index contributed by atoms with van der Waals surface area (Å²) in [5.74, 6) is 1.76. The molecule has 1 amide bonds. The summed E-state index contributed by atoms with van der Waals surface area (Å²) in [6.45, 7) is 12.5. The van der Waals surface area contributed by atoms with Gasteiger partial charge in [-0.2, -0.15) is 19.9 Å². The molecule has 7 rings (SSSR count). The molecule has 0 atom stereocenters. The summed E-state index contributed by atoms with van der Waals surface area (Å²) in [5.41, 5.74) is 14.9. The minimum atomic E-state index is -0.626. The zero-order valence-electron chi connectivity index (χ0n) is 38.8. The molecule has 0 spiro atoms. The maximum atomic E-state index is 12.4. The van der Waals surface area contributed by atoms with Gasteiger partial charge in [-0.15, -0.1) is 0 Å². The summed E-state index contributed by atoms with van der Waals surface area (Å²) in [7, 11) is 0. The molecule has 7 N–H and O–H groups in total. The fourth-order valence-corrected chi connectivity index (χ4v) is 7.48. The Morgan fingerprint density at radius 3 is 2.27 bits per heavy atom. The molecule has 4 aromatic heterocycles. The van der Waals surface area contributed by atoms with Crippen LogP contribution in [0.2, 0.25) is 0 Å². The number of fused-ring (bicyclic) bond motifs is 1. The minimum Gasteiger partial charge on any atom is -0.465 e. The molecule has 366 valence electrons. The van der Waals surface area contributed by atoms with E-state index in [1.54, 1.807) is 19.3 Å². The fourth-order valence-electron chi connectivity index (χ4n) is 7.48. The van der Waals surface area contributed by atoms with Crippen LogP contribution in [0.25, 0.3) is 0 Å². The first kappa shape index (κ1) is 51.2. The summed E-state index contributed by atoms with van der Waals surface area (Å²) in [5, 5.41) is 21.0. The molecule has 2 fully saturated rings. The molecule has 0 unspecified atom stereocenters. The van der Waals surface area contributed by atoms with Gasteiger partial charge in [-0.25, -0.2) is 4.98 Å². The third-order valence-electron chi connectivity index (χ3n) is 10.8. The van der Waals surface area contributed by atoms with E-state index in [1.807, 2.05) is 30.0 Å². The molecule has 4 aromatic rings. The van der Waals surface area contributed by atoms with E-state index < -0.39 is 16.6 Å². The number of carbonyl (C=O) groups is 2. The number of nitrogens with zero attached hydrogens (tertiary/aromatic N) is 10. The Morgan fingerprint density at radius 2 is 1.60 bits per heavy atom. The van der Waals surface area contributed by atoms with E-state index in [0.29, 0.717) is 57.0 Å². The molecule has 0 radical (unpaired) electrons. The monoisotopic (exact) mass is 937 g/mol. The fraction of sp³-hybridized carbons (Fsp3) is 0.545. The number of anilines is 8. The van der Waals surface area contributed by atoms with Gasteiger partial charge in [-0.05, 0) is 68.0 Å². The number of hydrogen-bond donors (Lipinski definition) is 5. The summed E-state index contributed by atoms with van der Waals surface area (Å²) >= 11 is 0. The number of hydrogen-bond acceptors (Lipinski definition) is 20. The molecule has 23 heteroatoms. The molecular formula is C44H66FN15O7. The number of nitrogen functional groups attached to an aromatic ring is 2. The van der Waals surface area contributed by atoms with Gasteiger partial charge in [0.1, 0.15) is 18.1 Å². The van der Waals surface area contributed by atoms with Crippen molar-refractivity contribution in [1.82, 2.24) is 29.9 Å². The Morgan fingerprint density at radius 1 is 0.955 bits per heavy atom. The van der Waals surface area contributed by atoms with Crippen LogP contribution in [0.5, 0.6) is 0 Å². The lowest BCUT2D eigenvalue weighted by Gasteiger charge is -2.31. The van der Waals surface area contributed by atoms with Crippen molar-refractivity contribution in [1.29, 1.82) is 1.45 Å². The maximum absolute atomic E-state index is 12.4. The number of nitro groups is 1. The summed E-state index contributed by atoms with van der Waals surface area (Å²) in [6.07, 6.45) is 9.18. The molecule has 3 aliphatic heterocycles. The standard InChI is InChI=1S/C23H33N7O5.C20H28N8O2.CH4.FH/c1-3-5-9-26-23-27-21(24)20(30(32)33)22(28-23)29(15-19(31)35-4-2)14-16-6-10-25-18(13-16)17-7-11-34-12-8-17;1-2-3-5-23-20-25-18(21)17-19(26-20)28(13-16(29)24-17)12-14-4-6-22-15(11-14)27-7-9-30-10-8-27;;/h6,10,13,17H,3-5,7-9,11-12,14-15H2,1-2H3,(H3,24,26,27,28);4,6,11H,2-3,5,7-10,12-13H2,1H3,(H,24,29)(H3,21,23,25,26);1H4;1H/i/hD. The van der Waals surface area contributed by atoms with Gasteiger partial charge in [-0.1, -0.05) is 34.1 Å². The highest BCUT2D eigenvalue weighted by molar-refractivity contribution is 6.03. The van der Waals surface area contributed by atoms with Crippen LogP contribution in [0.1, 0.15) is 89.5 Å². The van der Waals surface area contributed by atoms with Crippen molar-refractivity contribution in [3.8, 4) is 0 Å². The Hall–Kier alpha value is -6.75. The highest BCUT2D eigenvalue weighted by atomic mass is 19.0. The molecular weight excluding hydrogens is 870 g/mol. The molecule has 22 nitrogen and oxygen atoms in total. The number of ether oxygens (including phenoxy) is 3. The number of amides is 1. The van der Waals surface area contributed by atoms with E-state index in [9.17, 15) is 19.7 Å². The molecule has 0 bridgehead atoms. The second-order valence-electron chi connectivity index (χ2n) is 15.7. The molecule has 3 aliphatic rings. The lowest BCUT2D eigenvalue weighted by atomic mass is 9.95. The second kappa shape index (κ2) is 26.4. The maximum Gasteiger partial charge on any atom is 0.353 e. The van der Waals surface area contributed by atoms with E-state index in [1.165, 1.54) is 4.90 Å². The largest absolute Gasteiger partial charge is 0.465 e. The van der Waals surface area contributed by atoms with Gasteiger partial charge in [0.05, 0.1) is 31.3 Å². The first-order valence-electron chi connectivity index (χ1n) is 22.7. The van der Waals surface area contributed by atoms with E-state index in [2.05, 4.69) is 65.2 Å². The van der Waals surface area contributed by atoms with Gasteiger partial charge in [0.25, 0.3) is 1.45 Å². The van der Waals surface area contributed by atoms with Gasteiger partial charge in [0.15, 0.2) is 11.6 Å². The Kier molecular flexibility index (Phi) is 20.2. The number of unbranched alkanes of at least 4 members (excludes halogenated alkanes) is 2. The number of rotatable bonds is 19. The normalized spacial score (nSPS) is 14.6. The van der Waals surface area contributed by atoms with Crippen LogP contribution in [0.3, 0.4) is 0 Å². The number of esters is 1. The third-order valence-corrected chi connectivity index (χ3v) is 10.8. The molecule has 67 heavy (non-hydrogen) atoms. The number of carbonyl (C=O) groups excluding carboxylic acids is 2. The van der Waals surface area contributed by atoms with Gasteiger partial charge >= 0.3 is 11.7 Å². The molecule has 2 saturated heterocycles. The quantitative estimate of drug-likeness (QED) is 0.0346. The molecule has 7 heterocycles. The zero-order chi connectivity index (χ0) is 48.1.